The van der Waals surface area contributed by atoms with Gasteiger partial charge in [0.15, 0.2) is 5.78 Å². The Kier molecular flexibility index (Phi) is 7.19. The molecule has 3 atom stereocenters. The molecule has 186 valence electrons. The third-order valence-electron chi connectivity index (χ3n) is 6.76. The number of carbonyl (C=O) groups is 1. The molecular formula is C26H28F2N2O4S. The number of sulfonamides is 1. The first-order valence-corrected chi connectivity index (χ1v) is 13.1. The largest absolute Gasteiger partial charge is 0.364 e. The molecule has 2 heterocycles. The van der Waals surface area contributed by atoms with Crippen LogP contribution in [0.4, 0.5) is 8.78 Å². The van der Waals surface area contributed by atoms with Crippen molar-refractivity contribution in [3.05, 3.63) is 88.3 Å². The standard InChI is InChI=1S/C26H28F2N2O4S/c1-16(11-25(31)22-15-34-29-18(22)3)21-13-23(27)20(12-24(21)28)14-30-17(2)9-10-26(35(30,32)33)19-7-5-4-6-8-19/h4-8,12-13,15-17,26H,9-11,14H2,1-3H3/t16?,17-,26+/m1/s1. The minimum atomic E-state index is -3.78. The van der Waals surface area contributed by atoms with Gasteiger partial charge in [-0.3, -0.25) is 4.79 Å². The fourth-order valence-electron chi connectivity index (χ4n) is 4.68. The van der Waals surface area contributed by atoms with Crippen molar-refractivity contribution in [3.8, 4) is 0 Å². The van der Waals surface area contributed by atoms with Crippen molar-refractivity contribution in [1.29, 1.82) is 0 Å². The molecule has 1 aromatic heterocycles. The Balaban J connectivity index is 1.56. The molecule has 9 heteroatoms. The van der Waals surface area contributed by atoms with Gasteiger partial charge in [-0.15, -0.1) is 0 Å². The van der Waals surface area contributed by atoms with Crippen molar-refractivity contribution >= 4 is 15.8 Å². The molecule has 1 unspecified atom stereocenters. The van der Waals surface area contributed by atoms with E-state index in [0.717, 1.165) is 12.1 Å². The first-order chi connectivity index (χ1) is 16.6. The van der Waals surface area contributed by atoms with Gasteiger partial charge < -0.3 is 4.52 Å². The lowest BCUT2D eigenvalue weighted by molar-refractivity contribution is 0.0974. The molecule has 0 radical (unpaired) electrons. The maximum Gasteiger partial charge on any atom is 0.221 e. The molecule has 35 heavy (non-hydrogen) atoms. The summed E-state index contributed by atoms with van der Waals surface area (Å²) < 4.78 is 63.1. The van der Waals surface area contributed by atoms with Gasteiger partial charge in [-0.25, -0.2) is 17.2 Å². The SMILES string of the molecule is Cc1nocc1C(=O)CC(C)c1cc(F)c(CN2[C@H](C)CC[C@@H](c3ccccc3)S2(=O)=O)cc1F. The number of nitrogens with zero attached hydrogens (tertiary/aromatic N) is 2. The molecule has 0 spiro atoms. The van der Waals surface area contributed by atoms with Gasteiger partial charge in [0.25, 0.3) is 0 Å². The van der Waals surface area contributed by atoms with Crippen LogP contribution < -0.4 is 0 Å². The average Bonchev–Trinajstić information content (AvgIpc) is 3.24. The molecule has 6 nitrogen and oxygen atoms in total. The van der Waals surface area contributed by atoms with Crippen LogP contribution in [-0.2, 0) is 16.6 Å². The lowest BCUT2D eigenvalue weighted by atomic mass is 9.92. The Morgan fingerprint density at radius 2 is 1.89 bits per heavy atom. The second kappa shape index (κ2) is 9.99. The molecule has 2 aromatic carbocycles. The zero-order valence-electron chi connectivity index (χ0n) is 19.9. The average molecular weight is 503 g/mol. The second-order valence-corrected chi connectivity index (χ2v) is 11.3. The minimum absolute atomic E-state index is 0.0382. The Morgan fingerprint density at radius 3 is 2.54 bits per heavy atom. The van der Waals surface area contributed by atoms with E-state index in [1.165, 1.54) is 10.6 Å². The van der Waals surface area contributed by atoms with E-state index >= 15 is 8.78 Å². The van der Waals surface area contributed by atoms with Crippen molar-refractivity contribution in [3.63, 3.8) is 0 Å². The Hall–Kier alpha value is -2.91. The first-order valence-electron chi connectivity index (χ1n) is 11.6. The predicted molar refractivity (Wildman–Crippen MR) is 127 cm³/mol. The topological polar surface area (TPSA) is 80.5 Å². The van der Waals surface area contributed by atoms with E-state index < -0.39 is 32.8 Å². The van der Waals surface area contributed by atoms with Crippen molar-refractivity contribution in [2.75, 3.05) is 0 Å². The molecule has 4 rings (SSSR count). The summed E-state index contributed by atoms with van der Waals surface area (Å²) >= 11 is 0. The first kappa shape index (κ1) is 25.2. The summed E-state index contributed by atoms with van der Waals surface area (Å²) in [5.41, 5.74) is 1.46. The highest BCUT2D eigenvalue weighted by molar-refractivity contribution is 7.89. The number of hydrogen-bond acceptors (Lipinski definition) is 5. The van der Waals surface area contributed by atoms with Gasteiger partial charge >= 0.3 is 0 Å². The number of hydrogen-bond donors (Lipinski definition) is 0. The van der Waals surface area contributed by atoms with Gasteiger partial charge in [0.1, 0.15) is 23.1 Å². The number of ketones is 1. The number of Topliss-reactive ketones (excluding diaryl/α,β-unsaturated/α-hetero) is 1. The van der Waals surface area contributed by atoms with Crippen LogP contribution in [0.25, 0.3) is 0 Å². The van der Waals surface area contributed by atoms with E-state index in [1.807, 2.05) is 6.07 Å². The van der Waals surface area contributed by atoms with Crippen molar-refractivity contribution in [1.82, 2.24) is 9.46 Å². The molecular weight excluding hydrogens is 474 g/mol. The number of carbonyl (C=O) groups excluding carboxylic acids is 1. The molecule has 1 aliphatic heterocycles. The third-order valence-corrected chi connectivity index (χ3v) is 9.13. The third kappa shape index (κ3) is 5.06. The van der Waals surface area contributed by atoms with Crippen LogP contribution in [0.1, 0.15) is 77.0 Å². The van der Waals surface area contributed by atoms with E-state index in [4.69, 9.17) is 4.52 Å². The van der Waals surface area contributed by atoms with Crippen LogP contribution in [0.5, 0.6) is 0 Å². The summed E-state index contributed by atoms with van der Waals surface area (Å²) in [6, 6.07) is 10.7. The van der Waals surface area contributed by atoms with Gasteiger partial charge in [0.2, 0.25) is 10.0 Å². The highest BCUT2D eigenvalue weighted by Crippen LogP contribution is 2.38. The van der Waals surface area contributed by atoms with Gasteiger partial charge in [-0.1, -0.05) is 42.4 Å². The van der Waals surface area contributed by atoms with E-state index in [9.17, 15) is 13.2 Å². The maximum absolute atomic E-state index is 15.1. The Morgan fingerprint density at radius 1 is 1.17 bits per heavy atom. The highest BCUT2D eigenvalue weighted by atomic mass is 32.2. The molecule has 0 bridgehead atoms. The molecule has 0 saturated carbocycles. The monoisotopic (exact) mass is 502 g/mol. The molecule has 0 N–H and O–H groups in total. The molecule has 0 aliphatic carbocycles. The molecule has 1 aliphatic rings. The minimum Gasteiger partial charge on any atom is -0.364 e. The zero-order chi connectivity index (χ0) is 25.3. The molecule has 0 amide bonds. The summed E-state index contributed by atoms with van der Waals surface area (Å²) in [6.45, 7) is 4.79. The van der Waals surface area contributed by atoms with Gasteiger partial charge in [-0.05, 0) is 55.9 Å². The quantitative estimate of drug-likeness (QED) is 0.388. The lowest BCUT2D eigenvalue weighted by Gasteiger charge is -2.37. The number of rotatable bonds is 7. The number of halogens is 2. The van der Waals surface area contributed by atoms with Crippen LogP contribution in [0.3, 0.4) is 0 Å². The van der Waals surface area contributed by atoms with Crippen LogP contribution in [0.2, 0.25) is 0 Å². The van der Waals surface area contributed by atoms with E-state index in [2.05, 4.69) is 5.16 Å². The number of benzene rings is 2. The van der Waals surface area contributed by atoms with Crippen LogP contribution in [0.15, 0.2) is 53.3 Å². The molecule has 1 fully saturated rings. The Labute approximate surface area is 204 Å². The summed E-state index contributed by atoms with van der Waals surface area (Å²) in [5.74, 6) is -2.25. The summed E-state index contributed by atoms with van der Waals surface area (Å²) in [4.78, 5) is 12.5. The fourth-order valence-corrected chi connectivity index (χ4v) is 6.87. The van der Waals surface area contributed by atoms with Crippen molar-refractivity contribution in [2.45, 2.75) is 63.8 Å². The van der Waals surface area contributed by atoms with Gasteiger partial charge in [-0.2, -0.15) is 4.31 Å². The molecule has 1 saturated heterocycles. The predicted octanol–water partition coefficient (Wildman–Crippen LogP) is 5.69. The van der Waals surface area contributed by atoms with Crippen molar-refractivity contribution in [2.24, 2.45) is 0 Å². The summed E-state index contributed by atoms with van der Waals surface area (Å²) in [7, 11) is -3.78. The summed E-state index contributed by atoms with van der Waals surface area (Å²) in [6.07, 6.45) is 2.28. The maximum atomic E-state index is 15.1. The fraction of sp³-hybridized carbons (Fsp3) is 0.385. The van der Waals surface area contributed by atoms with Gasteiger partial charge in [0, 0.05) is 24.6 Å². The smallest absolute Gasteiger partial charge is 0.221 e. The second-order valence-electron chi connectivity index (χ2n) is 9.22. The normalized spacial score (nSPS) is 21.1. The van der Waals surface area contributed by atoms with Crippen LogP contribution in [0, 0.1) is 18.6 Å². The highest BCUT2D eigenvalue weighted by Gasteiger charge is 2.40. The van der Waals surface area contributed by atoms with Crippen LogP contribution in [-0.4, -0.2) is 29.7 Å². The van der Waals surface area contributed by atoms with Gasteiger partial charge in [0.05, 0.1) is 11.3 Å². The number of aromatic nitrogens is 1. The number of aryl methyl sites for hydroxylation is 1. The van der Waals surface area contributed by atoms with E-state index in [-0.39, 0.29) is 35.9 Å². The van der Waals surface area contributed by atoms with Crippen LogP contribution >= 0.6 is 0 Å². The molecule has 3 aromatic rings. The van der Waals surface area contributed by atoms with E-state index in [1.54, 1.807) is 45.0 Å². The lowest BCUT2D eigenvalue weighted by Crippen LogP contribution is -2.44. The van der Waals surface area contributed by atoms with Crippen molar-refractivity contribution < 1.29 is 26.5 Å². The van der Waals surface area contributed by atoms with E-state index in [0.29, 0.717) is 29.7 Å². The summed E-state index contributed by atoms with van der Waals surface area (Å²) in [5, 5.41) is 2.95. The zero-order valence-corrected chi connectivity index (χ0v) is 20.7. The Bertz CT molecular complexity index is 1320.